The molecule has 0 radical (unpaired) electrons. The van der Waals surface area contributed by atoms with Gasteiger partial charge in [0.1, 0.15) is 0 Å². The zero-order valence-electron chi connectivity index (χ0n) is 12.4. The summed E-state index contributed by atoms with van der Waals surface area (Å²) < 4.78 is 5.26. The SMILES string of the molecule is CCOC=NC1=C(C#N)C2(CCCC2)Cc2ccccc21. The van der Waals surface area contributed by atoms with Gasteiger partial charge < -0.3 is 4.74 Å². The fraction of sp³-hybridized carbons (Fsp3) is 0.444. The van der Waals surface area contributed by atoms with Crippen molar-refractivity contribution in [2.75, 3.05) is 6.61 Å². The second-order valence-electron chi connectivity index (χ2n) is 5.85. The molecule has 108 valence electrons. The van der Waals surface area contributed by atoms with Crippen molar-refractivity contribution in [3.63, 3.8) is 0 Å². The Labute approximate surface area is 126 Å². The monoisotopic (exact) mass is 280 g/mol. The fourth-order valence-electron chi connectivity index (χ4n) is 3.69. The van der Waals surface area contributed by atoms with Gasteiger partial charge in [-0.3, -0.25) is 0 Å². The Morgan fingerprint density at radius 1 is 1.33 bits per heavy atom. The van der Waals surface area contributed by atoms with Gasteiger partial charge in [-0.1, -0.05) is 37.1 Å². The lowest BCUT2D eigenvalue weighted by Gasteiger charge is -2.34. The number of aliphatic imine (C=N–C) groups is 1. The molecule has 1 fully saturated rings. The van der Waals surface area contributed by atoms with E-state index in [0.717, 1.165) is 36.1 Å². The summed E-state index contributed by atoms with van der Waals surface area (Å²) >= 11 is 0. The van der Waals surface area contributed by atoms with Crippen LogP contribution in [0.15, 0.2) is 34.8 Å². The van der Waals surface area contributed by atoms with Crippen LogP contribution in [0.25, 0.3) is 5.70 Å². The molecule has 3 rings (SSSR count). The summed E-state index contributed by atoms with van der Waals surface area (Å²) in [5.74, 6) is 0. The lowest BCUT2D eigenvalue weighted by molar-refractivity contribution is 0.343. The molecule has 0 amide bonds. The van der Waals surface area contributed by atoms with Crippen LogP contribution in [-0.4, -0.2) is 13.0 Å². The summed E-state index contributed by atoms with van der Waals surface area (Å²) in [5, 5.41) is 9.75. The summed E-state index contributed by atoms with van der Waals surface area (Å²) in [5.41, 5.74) is 4.07. The molecule has 1 saturated carbocycles. The molecule has 0 saturated heterocycles. The van der Waals surface area contributed by atoms with Crippen LogP contribution >= 0.6 is 0 Å². The van der Waals surface area contributed by atoms with E-state index in [9.17, 15) is 5.26 Å². The summed E-state index contributed by atoms with van der Waals surface area (Å²) in [4.78, 5) is 4.50. The molecule has 0 atom stereocenters. The average molecular weight is 280 g/mol. The van der Waals surface area contributed by atoms with Gasteiger partial charge in [0, 0.05) is 11.0 Å². The Morgan fingerprint density at radius 2 is 2.10 bits per heavy atom. The van der Waals surface area contributed by atoms with Crippen LogP contribution in [0.5, 0.6) is 0 Å². The highest BCUT2D eigenvalue weighted by Gasteiger charge is 2.43. The van der Waals surface area contributed by atoms with Crippen LogP contribution in [-0.2, 0) is 11.2 Å². The number of nitriles is 1. The van der Waals surface area contributed by atoms with E-state index in [-0.39, 0.29) is 5.41 Å². The maximum atomic E-state index is 9.75. The van der Waals surface area contributed by atoms with Gasteiger partial charge in [0.15, 0.2) is 6.40 Å². The van der Waals surface area contributed by atoms with Crippen molar-refractivity contribution >= 4 is 12.1 Å². The van der Waals surface area contributed by atoms with Gasteiger partial charge >= 0.3 is 0 Å². The number of hydrogen-bond acceptors (Lipinski definition) is 3. The van der Waals surface area contributed by atoms with Crippen molar-refractivity contribution in [3.8, 4) is 6.07 Å². The molecular formula is C18H20N2O. The van der Waals surface area contributed by atoms with Crippen molar-refractivity contribution in [1.82, 2.24) is 0 Å². The molecule has 1 spiro atoms. The van der Waals surface area contributed by atoms with Crippen molar-refractivity contribution in [1.29, 1.82) is 5.26 Å². The van der Waals surface area contributed by atoms with Gasteiger partial charge in [0.05, 0.1) is 23.9 Å². The van der Waals surface area contributed by atoms with Gasteiger partial charge in [0.25, 0.3) is 0 Å². The standard InChI is InChI=1S/C18H20N2O/c1-2-21-13-20-17-15-8-4-3-7-14(15)11-18(16(17)12-19)9-5-6-10-18/h3-4,7-8,13H,2,5-6,9-11H2,1H3. The molecule has 0 aliphatic heterocycles. The van der Waals surface area contributed by atoms with Crippen molar-refractivity contribution in [3.05, 3.63) is 41.0 Å². The van der Waals surface area contributed by atoms with Crippen molar-refractivity contribution in [2.24, 2.45) is 10.4 Å². The lowest BCUT2D eigenvalue weighted by Crippen LogP contribution is -2.27. The molecule has 0 aromatic heterocycles. The summed E-state index contributed by atoms with van der Waals surface area (Å²) in [6.07, 6.45) is 7.05. The summed E-state index contributed by atoms with van der Waals surface area (Å²) in [6.45, 7) is 2.52. The quantitative estimate of drug-likeness (QED) is 0.618. The van der Waals surface area contributed by atoms with Gasteiger partial charge in [0.2, 0.25) is 0 Å². The van der Waals surface area contributed by atoms with Crippen molar-refractivity contribution in [2.45, 2.75) is 39.0 Å². The molecule has 0 unspecified atom stereocenters. The third kappa shape index (κ3) is 2.35. The van der Waals surface area contributed by atoms with Crippen molar-refractivity contribution < 1.29 is 4.74 Å². The molecule has 0 N–H and O–H groups in total. The Bertz CT molecular complexity index is 631. The van der Waals surface area contributed by atoms with Crippen LogP contribution < -0.4 is 0 Å². The van der Waals surface area contributed by atoms with E-state index in [1.807, 2.05) is 13.0 Å². The zero-order chi connectivity index (χ0) is 14.7. The number of rotatable bonds is 3. The van der Waals surface area contributed by atoms with E-state index in [1.165, 1.54) is 24.8 Å². The lowest BCUT2D eigenvalue weighted by atomic mass is 9.68. The number of fused-ring (bicyclic) bond motifs is 1. The van der Waals surface area contributed by atoms with Crippen LogP contribution in [0.2, 0.25) is 0 Å². The molecule has 0 heterocycles. The number of benzene rings is 1. The second-order valence-corrected chi connectivity index (χ2v) is 5.85. The second kappa shape index (κ2) is 5.73. The first-order valence-electron chi connectivity index (χ1n) is 7.68. The first-order chi connectivity index (χ1) is 10.3. The Balaban J connectivity index is 2.15. The highest BCUT2D eigenvalue weighted by Crippen LogP contribution is 2.52. The zero-order valence-corrected chi connectivity index (χ0v) is 12.4. The normalized spacial score (nSPS) is 19.8. The minimum Gasteiger partial charge on any atom is -0.483 e. The third-order valence-corrected chi connectivity index (χ3v) is 4.66. The van der Waals surface area contributed by atoms with E-state index in [2.05, 4.69) is 29.3 Å². The highest BCUT2D eigenvalue weighted by molar-refractivity contribution is 5.80. The Kier molecular flexibility index (Phi) is 3.79. The van der Waals surface area contributed by atoms with Crippen LogP contribution in [0.3, 0.4) is 0 Å². The topological polar surface area (TPSA) is 45.4 Å². The van der Waals surface area contributed by atoms with E-state index >= 15 is 0 Å². The number of allylic oxidation sites excluding steroid dienone is 1. The van der Waals surface area contributed by atoms with E-state index in [1.54, 1.807) is 0 Å². The van der Waals surface area contributed by atoms with Crippen LogP contribution in [0.1, 0.15) is 43.7 Å². The largest absolute Gasteiger partial charge is 0.483 e. The fourth-order valence-corrected chi connectivity index (χ4v) is 3.69. The molecular weight excluding hydrogens is 260 g/mol. The molecule has 0 bridgehead atoms. The summed E-state index contributed by atoms with van der Waals surface area (Å²) in [6, 6.07) is 10.8. The van der Waals surface area contributed by atoms with E-state index in [0.29, 0.717) is 6.61 Å². The maximum absolute atomic E-state index is 9.75. The van der Waals surface area contributed by atoms with Crippen LogP contribution in [0.4, 0.5) is 0 Å². The first kappa shape index (κ1) is 13.9. The van der Waals surface area contributed by atoms with E-state index < -0.39 is 0 Å². The molecule has 2 aliphatic rings. The maximum Gasteiger partial charge on any atom is 0.174 e. The van der Waals surface area contributed by atoms with Gasteiger partial charge in [-0.05, 0) is 31.7 Å². The summed E-state index contributed by atoms with van der Waals surface area (Å²) in [7, 11) is 0. The number of nitrogens with zero attached hydrogens (tertiary/aromatic N) is 2. The number of ether oxygens (including phenoxy) is 1. The van der Waals surface area contributed by atoms with Crippen LogP contribution in [0, 0.1) is 16.7 Å². The molecule has 1 aromatic rings. The molecule has 3 nitrogen and oxygen atoms in total. The molecule has 1 aromatic carbocycles. The minimum absolute atomic E-state index is 0.00198. The minimum atomic E-state index is 0.00198. The smallest absolute Gasteiger partial charge is 0.174 e. The van der Waals surface area contributed by atoms with Gasteiger partial charge in [-0.2, -0.15) is 5.26 Å². The first-order valence-corrected chi connectivity index (χ1v) is 7.68. The molecule has 2 aliphatic carbocycles. The molecule has 3 heteroatoms. The predicted octanol–water partition coefficient (Wildman–Crippen LogP) is 4.10. The Hall–Kier alpha value is -2.08. The van der Waals surface area contributed by atoms with Gasteiger partial charge in [-0.15, -0.1) is 0 Å². The predicted molar refractivity (Wildman–Crippen MR) is 83.7 cm³/mol. The highest BCUT2D eigenvalue weighted by atomic mass is 16.5. The average Bonchev–Trinajstić information content (AvgIpc) is 2.96. The third-order valence-electron chi connectivity index (χ3n) is 4.66. The molecule has 21 heavy (non-hydrogen) atoms. The Morgan fingerprint density at radius 3 is 2.81 bits per heavy atom. The number of hydrogen-bond donors (Lipinski definition) is 0. The van der Waals surface area contributed by atoms with Gasteiger partial charge in [-0.25, -0.2) is 4.99 Å². The van der Waals surface area contributed by atoms with E-state index in [4.69, 9.17) is 4.74 Å².